The zero-order valence-corrected chi connectivity index (χ0v) is 16.8. The zero-order chi connectivity index (χ0) is 20.5. The highest BCUT2D eigenvalue weighted by Crippen LogP contribution is 2.19. The van der Waals surface area contributed by atoms with Crippen molar-refractivity contribution in [2.45, 2.75) is 13.5 Å². The van der Waals surface area contributed by atoms with Crippen LogP contribution in [0.5, 0.6) is 0 Å². The fourth-order valence-corrected chi connectivity index (χ4v) is 3.28. The molecule has 1 aromatic carbocycles. The molecule has 1 saturated heterocycles. The lowest BCUT2D eigenvalue weighted by molar-refractivity contribution is -0.111. The van der Waals surface area contributed by atoms with E-state index in [0.29, 0.717) is 6.54 Å². The van der Waals surface area contributed by atoms with Crippen LogP contribution in [0.1, 0.15) is 23.6 Å². The van der Waals surface area contributed by atoms with Gasteiger partial charge >= 0.3 is 0 Å². The summed E-state index contributed by atoms with van der Waals surface area (Å²) >= 11 is 0. The number of anilines is 1. The van der Waals surface area contributed by atoms with Crippen LogP contribution in [-0.4, -0.2) is 48.6 Å². The van der Waals surface area contributed by atoms with Crippen LogP contribution in [0.4, 0.5) is 5.69 Å². The fraction of sp³-hybridized carbons (Fsp3) is 0.304. The molecule has 0 spiro atoms. The molecular weight excluding hydrogens is 364 g/mol. The number of nitrogens with zero attached hydrogens (tertiary/aromatic N) is 2. The van der Waals surface area contributed by atoms with Gasteiger partial charge in [0.15, 0.2) is 0 Å². The first-order chi connectivity index (χ1) is 14.2. The normalized spacial score (nSPS) is 15.6. The molecule has 0 unspecified atom stereocenters. The summed E-state index contributed by atoms with van der Waals surface area (Å²) in [5.74, 6) is -0.185. The van der Waals surface area contributed by atoms with E-state index in [1.807, 2.05) is 43.3 Å². The van der Waals surface area contributed by atoms with Crippen LogP contribution in [0.3, 0.4) is 0 Å². The molecule has 0 atom stereocenters. The molecule has 6 heteroatoms. The first-order valence-electron chi connectivity index (χ1n) is 9.87. The number of benzene rings is 1. The van der Waals surface area contributed by atoms with Crippen LogP contribution < -0.4 is 11.1 Å². The van der Waals surface area contributed by atoms with Crippen molar-refractivity contribution >= 4 is 23.2 Å². The van der Waals surface area contributed by atoms with Gasteiger partial charge in [-0.25, -0.2) is 0 Å². The highest BCUT2D eigenvalue weighted by Gasteiger charge is 2.10. The number of nitrogens with one attached hydrogen (secondary N) is 1. The minimum Gasteiger partial charge on any atom is -0.379 e. The van der Waals surface area contributed by atoms with Crippen molar-refractivity contribution in [3.05, 3.63) is 71.6 Å². The number of allylic oxidation sites excluding steroid dienone is 1. The van der Waals surface area contributed by atoms with E-state index in [-0.39, 0.29) is 5.91 Å². The highest BCUT2D eigenvalue weighted by atomic mass is 16.5. The molecule has 0 radical (unpaired) electrons. The van der Waals surface area contributed by atoms with E-state index in [0.717, 1.165) is 55.2 Å². The summed E-state index contributed by atoms with van der Waals surface area (Å²) in [7, 11) is 0. The average Bonchev–Trinajstić information content (AvgIpc) is 2.76. The molecule has 3 rings (SSSR count). The van der Waals surface area contributed by atoms with Crippen molar-refractivity contribution in [3.63, 3.8) is 0 Å². The lowest BCUT2D eigenvalue weighted by atomic mass is 10.0. The van der Waals surface area contributed by atoms with Gasteiger partial charge in [-0.2, -0.15) is 0 Å². The summed E-state index contributed by atoms with van der Waals surface area (Å²) in [6.45, 7) is 6.78. The lowest BCUT2D eigenvalue weighted by Gasteiger charge is -2.26. The number of carbonyl (C=O) groups excluding carboxylic acids is 1. The minimum atomic E-state index is -0.185. The van der Waals surface area contributed by atoms with E-state index in [9.17, 15) is 4.79 Å². The van der Waals surface area contributed by atoms with Crippen molar-refractivity contribution in [1.82, 2.24) is 9.88 Å². The quantitative estimate of drug-likeness (QED) is 0.708. The van der Waals surface area contributed by atoms with Gasteiger partial charge in [-0.1, -0.05) is 18.2 Å². The SMILES string of the molecule is C/C=C(\CN)c1ccncc1/C=C/C(=O)Nc1ccc(CN2CCOCC2)cc1. The Kier molecular flexibility index (Phi) is 7.69. The molecule has 1 fully saturated rings. The summed E-state index contributed by atoms with van der Waals surface area (Å²) in [6, 6.07) is 9.88. The van der Waals surface area contributed by atoms with Crippen molar-refractivity contribution in [3.8, 4) is 0 Å². The van der Waals surface area contributed by atoms with Crippen LogP contribution in [0, 0.1) is 0 Å². The Bertz CT molecular complexity index is 869. The standard InChI is InChI=1S/C23H28N4O2/c1-2-19(15-24)22-9-10-25-16-20(22)5-8-23(28)26-21-6-3-18(4-7-21)17-27-11-13-29-14-12-27/h2-10,16H,11-15,17,24H2,1H3,(H,26,28)/b8-5+,19-2+. The average molecular weight is 393 g/mol. The molecule has 3 N–H and O–H groups in total. The molecule has 0 aliphatic carbocycles. The molecule has 1 aliphatic rings. The van der Waals surface area contributed by atoms with Crippen LogP contribution in [0.25, 0.3) is 11.6 Å². The van der Waals surface area contributed by atoms with E-state index < -0.39 is 0 Å². The molecule has 6 nitrogen and oxygen atoms in total. The minimum absolute atomic E-state index is 0.185. The van der Waals surface area contributed by atoms with Crippen LogP contribution >= 0.6 is 0 Å². The molecule has 0 saturated carbocycles. The number of morpholine rings is 1. The molecule has 2 heterocycles. The van der Waals surface area contributed by atoms with Gasteiger partial charge in [-0.05, 0) is 47.9 Å². The number of amides is 1. The van der Waals surface area contributed by atoms with E-state index in [4.69, 9.17) is 10.5 Å². The van der Waals surface area contributed by atoms with Gasteiger partial charge in [0.25, 0.3) is 0 Å². The number of ether oxygens (including phenoxy) is 1. The maximum absolute atomic E-state index is 12.3. The first-order valence-corrected chi connectivity index (χ1v) is 9.87. The van der Waals surface area contributed by atoms with Gasteiger partial charge in [0.2, 0.25) is 5.91 Å². The first kappa shape index (κ1) is 20.9. The number of pyridine rings is 1. The zero-order valence-electron chi connectivity index (χ0n) is 16.8. The number of hydrogen-bond acceptors (Lipinski definition) is 5. The van der Waals surface area contributed by atoms with Crippen LogP contribution in [-0.2, 0) is 16.1 Å². The Hall–Kier alpha value is -2.80. The summed E-state index contributed by atoms with van der Waals surface area (Å²) in [6.07, 6.45) is 8.73. The Morgan fingerprint density at radius 3 is 2.69 bits per heavy atom. The maximum Gasteiger partial charge on any atom is 0.248 e. The Balaban J connectivity index is 1.59. The van der Waals surface area contributed by atoms with Crippen LogP contribution in [0.2, 0.25) is 0 Å². The number of nitrogens with two attached hydrogens (primary N) is 1. The number of hydrogen-bond donors (Lipinski definition) is 2. The van der Waals surface area contributed by atoms with E-state index >= 15 is 0 Å². The molecule has 2 aromatic rings. The summed E-state index contributed by atoms with van der Waals surface area (Å²) in [5.41, 5.74) is 10.7. The number of carbonyl (C=O) groups is 1. The summed E-state index contributed by atoms with van der Waals surface area (Å²) in [4.78, 5) is 18.8. The fourth-order valence-electron chi connectivity index (χ4n) is 3.28. The Morgan fingerprint density at radius 1 is 1.24 bits per heavy atom. The smallest absolute Gasteiger partial charge is 0.248 e. The van der Waals surface area contributed by atoms with E-state index in [1.54, 1.807) is 18.5 Å². The molecular formula is C23H28N4O2. The second-order valence-corrected chi connectivity index (χ2v) is 6.89. The second kappa shape index (κ2) is 10.7. The van der Waals surface area contributed by atoms with Gasteiger partial charge in [-0.3, -0.25) is 14.7 Å². The third-order valence-electron chi connectivity index (χ3n) is 4.91. The van der Waals surface area contributed by atoms with Crippen LogP contribution in [0.15, 0.2) is 54.9 Å². The second-order valence-electron chi connectivity index (χ2n) is 6.89. The van der Waals surface area contributed by atoms with Crippen molar-refractivity contribution < 1.29 is 9.53 Å². The van der Waals surface area contributed by atoms with Gasteiger partial charge in [0, 0.05) is 55.9 Å². The molecule has 1 aliphatic heterocycles. The highest BCUT2D eigenvalue weighted by molar-refractivity contribution is 6.02. The Morgan fingerprint density at radius 2 is 2.00 bits per heavy atom. The van der Waals surface area contributed by atoms with E-state index in [2.05, 4.69) is 15.2 Å². The van der Waals surface area contributed by atoms with Crippen molar-refractivity contribution in [1.29, 1.82) is 0 Å². The molecule has 1 aromatic heterocycles. The Labute approximate surface area is 172 Å². The largest absolute Gasteiger partial charge is 0.379 e. The predicted octanol–water partition coefficient (Wildman–Crippen LogP) is 2.93. The third-order valence-corrected chi connectivity index (χ3v) is 4.91. The van der Waals surface area contributed by atoms with Crippen molar-refractivity contribution in [2.24, 2.45) is 5.73 Å². The molecule has 152 valence electrons. The predicted molar refractivity (Wildman–Crippen MR) is 117 cm³/mol. The molecule has 29 heavy (non-hydrogen) atoms. The van der Waals surface area contributed by atoms with Gasteiger partial charge in [0.05, 0.1) is 13.2 Å². The van der Waals surface area contributed by atoms with Gasteiger partial charge in [-0.15, -0.1) is 0 Å². The number of rotatable bonds is 7. The number of aromatic nitrogens is 1. The lowest BCUT2D eigenvalue weighted by Crippen LogP contribution is -2.35. The summed E-state index contributed by atoms with van der Waals surface area (Å²) in [5, 5.41) is 2.90. The van der Waals surface area contributed by atoms with Crippen molar-refractivity contribution in [2.75, 3.05) is 38.2 Å². The van der Waals surface area contributed by atoms with Gasteiger partial charge in [0.1, 0.15) is 0 Å². The topological polar surface area (TPSA) is 80.5 Å². The summed E-state index contributed by atoms with van der Waals surface area (Å²) < 4.78 is 5.38. The monoisotopic (exact) mass is 392 g/mol. The van der Waals surface area contributed by atoms with Gasteiger partial charge < -0.3 is 15.8 Å². The molecule has 1 amide bonds. The maximum atomic E-state index is 12.3. The third kappa shape index (κ3) is 6.09. The molecule has 0 bridgehead atoms. The van der Waals surface area contributed by atoms with E-state index in [1.165, 1.54) is 11.6 Å².